The van der Waals surface area contributed by atoms with Crippen LogP contribution in [0.4, 0.5) is 10.1 Å². The van der Waals surface area contributed by atoms with E-state index in [1.54, 1.807) is 6.07 Å². The predicted octanol–water partition coefficient (Wildman–Crippen LogP) is 5.12. The number of anilines is 1. The molecule has 2 aromatic carbocycles. The summed E-state index contributed by atoms with van der Waals surface area (Å²) in [6.07, 6.45) is 0. The first-order valence-electron chi connectivity index (χ1n) is 5.90. The summed E-state index contributed by atoms with van der Waals surface area (Å²) in [7, 11) is 1.96. The number of hydrogen-bond acceptors (Lipinski definition) is 1. The van der Waals surface area contributed by atoms with Gasteiger partial charge in [-0.1, -0.05) is 56.1 Å². The van der Waals surface area contributed by atoms with E-state index in [0.717, 1.165) is 15.5 Å². The minimum atomic E-state index is -0.162. The first kappa shape index (κ1) is 14.5. The maximum atomic E-state index is 13.6. The van der Waals surface area contributed by atoms with E-state index < -0.39 is 0 Å². The molecule has 0 aromatic heterocycles. The van der Waals surface area contributed by atoms with Crippen molar-refractivity contribution in [3.8, 4) is 0 Å². The summed E-state index contributed by atoms with van der Waals surface area (Å²) in [6, 6.07) is 13.0. The molecule has 19 heavy (non-hydrogen) atoms. The Hall–Kier alpha value is -0.870. The number of benzene rings is 2. The minimum Gasteiger partial charge on any atom is -0.370 e. The van der Waals surface area contributed by atoms with Crippen LogP contribution in [0.2, 0.25) is 0 Å². The minimum absolute atomic E-state index is 0.162. The lowest BCUT2D eigenvalue weighted by atomic mass is 10.1. The zero-order valence-corrected chi connectivity index (χ0v) is 13.7. The van der Waals surface area contributed by atoms with Crippen LogP contribution >= 0.6 is 31.9 Å². The third-order valence-corrected chi connectivity index (χ3v) is 4.33. The van der Waals surface area contributed by atoms with Gasteiger partial charge in [0.2, 0.25) is 0 Å². The molecule has 1 nitrogen and oxygen atoms in total. The second kappa shape index (κ2) is 6.53. The van der Waals surface area contributed by atoms with Gasteiger partial charge in [-0.05, 0) is 23.8 Å². The van der Waals surface area contributed by atoms with Crippen molar-refractivity contribution >= 4 is 37.5 Å². The van der Waals surface area contributed by atoms with Gasteiger partial charge in [-0.3, -0.25) is 0 Å². The highest BCUT2D eigenvalue weighted by Gasteiger charge is 2.07. The molecule has 2 rings (SSSR count). The molecule has 0 radical (unpaired) electrons. The van der Waals surface area contributed by atoms with Crippen molar-refractivity contribution in [3.63, 3.8) is 0 Å². The fourth-order valence-electron chi connectivity index (χ4n) is 1.86. The van der Waals surface area contributed by atoms with Gasteiger partial charge >= 0.3 is 0 Å². The molecule has 0 unspecified atom stereocenters. The molecule has 0 aliphatic heterocycles. The van der Waals surface area contributed by atoms with Gasteiger partial charge in [0.25, 0.3) is 0 Å². The standard InChI is InChI=1S/C15H14Br2FN/c1-19(10-12-4-2-3-5-15(12)18)13-7-6-11(9-16)14(17)8-13/h2-8H,9-10H2,1H3. The fourth-order valence-corrected chi connectivity index (χ4v) is 3.23. The first-order chi connectivity index (χ1) is 9.11. The van der Waals surface area contributed by atoms with E-state index in [1.807, 2.05) is 30.1 Å². The highest BCUT2D eigenvalue weighted by atomic mass is 79.9. The van der Waals surface area contributed by atoms with Crippen LogP contribution in [-0.2, 0) is 11.9 Å². The molecule has 4 heteroatoms. The second-order valence-corrected chi connectivity index (χ2v) is 5.77. The van der Waals surface area contributed by atoms with Crippen LogP contribution in [0.15, 0.2) is 46.9 Å². The Labute approximate surface area is 129 Å². The summed E-state index contributed by atoms with van der Waals surface area (Å²) in [4.78, 5) is 2.03. The first-order valence-corrected chi connectivity index (χ1v) is 7.82. The van der Waals surface area contributed by atoms with Crippen LogP contribution in [0.3, 0.4) is 0 Å². The van der Waals surface area contributed by atoms with Crippen molar-refractivity contribution in [2.75, 3.05) is 11.9 Å². The van der Waals surface area contributed by atoms with Gasteiger partial charge in [-0.25, -0.2) is 4.39 Å². The van der Waals surface area contributed by atoms with Crippen molar-refractivity contribution in [3.05, 3.63) is 63.9 Å². The van der Waals surface area contributed by atoms with Crippen LogP contribution in [0.25, 0.3) is 0 Å². The summed E-state index contributed by atoms with van der Waals surface area (Å²) in [5, 5.41) is 0.810. The molecular weight excluding hydrogens is 373 g/mol. The molecule has 0 aliphatic carbocycles. The quantitative estimate of drug-likeness (QED) is 0.659. The van der Waals surface area contributed by atoms with Crippen molar-refractivity contribution in [2.24, 2.45) is 0 Å². The van der Waals surface area contributed by atoms with Crippen LogP contribution in [0.5, 0.6) is 0 Å². The van der Waals surface area contributed by atoms with Gasteiger partial charge in [-0.15, -0.1) is 0 Å². The summed E-state index contributed by atoms with van der Waals surface area (Å²) in [5.74, 6) is -0.162. The van der Waals surface area contributed by atoms with Gasteiger partial charge in [0.15, 0.2) is 0 Å². The molecule has 0 saturated heterocycles. The summed E-state index contributed by atoms with van der Waals surface area (Å²) in [5.41, 5.74) is 2.95. The second-order valence-electron chi connectivity index (χ2n) is 4.36. The maximum absolute atomic E-state index is 13.6. The van der Waals surface area contributed by atoms with Gasteiger partial charge < -0.3 is 4.90 Å². The SMILES string of the molecule is CN(Cc1ccccc1F)c1ccc(CBr)c(Br)c1. The molecule has 100 valence electrons. The molecule has 0 atom stereocenters. The van der Waals surface area contributed by atoms with Crippen LogP contribution < -0.4 is 4.90 Å². The van der Waals surface area contributed by atoms with E-state index in [4.69, 9.17) is 0 Å². The zero-order chi connectivity index (χ0) is 13.8. The lowest BCUT2D eigenvalue weighted by Crippen LogP contribution is -2.17. The van der Waals surface area contributed by atoms with E-state index in [0.29, 0.717) is 12.1 Å². The largest absolute Gasteiger partial charge is 0.370 e. The van der Waals surface area contributed by atoms with E-state index in [2.05, 4.69) is 44.0 Å². The Morgan fingerprint density at radius 2 is 1.84 bits per heavy atom. The Balaban J connectivity index is 2.18. The predicted molar refractivity (Wildman–Crippen MR) is 85.3 cm³/mol. The summed E-state index contributed by atoms with van der Waals surface area (Å²) >= 11 is 6.98. The Morgan fingerprint density at radius 1 is 1.11 bits per heavy atom. The molecule has 0 aliphatic rings. The highest BCUT2D eigenvalue weighted by molar-refractivity contribution is 9.10. The molecule has 0 N–H and O–H groups in total. The third-order valence-electron chi connectivity index (χ3n) is 2.99. The molecule has 2 aromatic rings. The lowest BCUT2D eigenvalue weighted by Gasteiger charge is -2.20. The zero-order valence-electron chi connectivity index (χ0n) is 10.5. The van der Waals surface area contributed by atoms with Crippen LogP contribution in [-0.4, -0.2) is 7.05 Å². The average molecular weight is 387 g/mol. The van der Waals surface area contributed by atoms with Gasteiger partial charge in [0, 0.05) is 34.6 Å². The number of hydrogen-bond donors (Lipinski definition) is 0. The molecule has 0 spiro atoms. The third kappa shape index (κ3) is 3.57. The normalized spacial score (nSPS) is 10.5. The molecule has 0 bridgehead atoms. The molecule has 0 heterocycles. The lowest BCUT2D eigenvalue weighted by molar-refractivity contribution is 0.608. The topological polar surface area (TPSA) is 3.24 Å². The van der Waals surface area contributed by atoms with Crippen molar-refractivity contribution in [1.82, 2.24) is 0 Å². The summed E-state index contributed by atoms with van der Waals surface area (Å²) < 4.78 is 14.7. The monoisotopic (exact) mass is 385 g/mol. The van der Waals surface area contributed by atoms with E-state index in [-0.39, 0.29) is 5.82 Å². The number of halogens is 3. The highest BCUT2D eigenvalue weighted by Crippen LogP contribution is 2.26. The number of rotatable bonds is 4. The van der Waals surface area contributed by atoms with Gasteiger partial charge in [0.05, 0.1) is 0 Å². The average Bonchev–Trinajstić information content (AvgIpc) is 2.41. The van der Waals surface area contributed by atoms with Crippen LogP contribution in [0.1, 0.15) is 11.1 Å². The van der Waals surface area contributed by atoms with E-state index >= 15 is 0 Å². The Kier molecular flexibility index (Phi) is 4.99. The smallest absolute Gasteiger partial charge is 0.128 e. The maximum Gasteiger partial charge on any atom is 0.128 e. The van der Waals surface area contributed by atoms with Gasteiger partial charge in [0.1, 0.15) is 5.82 Å². The number of alkyl halides is 1. The van der Waals surface area contributed by atoms with E-state index in [9.17, 15) is 4.39 Å². The van der Waals surface area contributed by atoms with E-state index in [1.165, 1.54) is 11.6 Å². The molecule has 0 fully saturated rings. The molecule has 0 amide bonds. The van der Waals surface area contributed by atoms with Gasteiger partial charge in [-0.2, -0.15) is 0 Å². The molecular formula is C15H14Br2FN. The number of nitrogens with zero attached hydrogens (tertiary/aromatic N) is 1. The molecule has 0 saturated carbocycles. The summed E-state index contributed by atoms with van der Waals surface area (Å²) in [6.45, 7) is 0.548. The van der Waals surface area contributed by atoms with Crippen molar-refractivity contribution < 1.29 is 4.39 Å². The fraction of sp³-hybridized carbons (Fsp3) is 0.200. The Bertz CT molecular complexity index is 572. The van der Waals surface area contributed by atoms with Crippen molar-refractivity contribution in [2.45, 2.75) is 11.9 Å². The Morgan fingerprint density at radius 3 is 2.47 bits per heavy atom. The van der Waals surface area contributed by atoms with Crippen molar-refractivity contribution in [1.29, 1.82) is 0 Å². The van der Waals surface area contributed by atoms with Crippen LogP contribution in [0, 0.1) is 5.82 Å².